The van der Waals surface area contributed by atoms with Gasteiger partial charge in [-0.15, -0.1) is 0 Å². The zero-order valence-electron chi connectivity index (χ0n) is 7.66. The largest absolute Gasteiger partial charge is 0.177 e. The zero-order chi connectivity index (χ0) is 8.65. The van der Waals surface area contributed by atoms with Gasteiger partial charge in [-0.3, -0.25) is 0 Å². The van der Waals surface area contributed by atoms with Gasteiger partial charge < -0.3 is 0 Å². The third kappa shape index (κ3) is 1.77. The Bertz CT molecular complexity index is 230. The lowest BCUT2D eigenvalue weighted by molar-refractivity contribution is 1.33. The van der Waals surface area contributed by atoms with Crippen molar-refractivity contribution in [1.29, 1.82) is 0 Å². The fourth-order valence-corrected chi connectivity index (χ4v) is 3.82. The quantitative estimate of drug-likeness (QED) is 0.434. The SMILES string of the molecule is CC1=CCC([Si](C)(C)Cl)=C1C. The van der Waals surface area contributed by atoms with Gasteiger partial charge in [-0.1, -0.05) is 35.5 Å². The third-order valence-electron chi connectivity index (χ3n) is 2.37. The lowest BCUT2D eigenvalue weighted by atomic mass is 10.2. The molecule has 0 unspecified atom stereocenters. The number of rotatable bonds is 1. The fraction of sp³-hybridized carbons (Fsp3) is 0.556. The van der Waals surface area contributed by atoms with E-state index in [1.807, 2.05) is 0 Å². The molecule has 62 valence electrons. The normalized spacial score (nSPS) is 19.2. The molecule has 2 heteroatoms. The van der Waals surface area contributed by atoms with Crippen molar-refractivity contribution in [2.45, 2.75) is 33.4 Å². The van der Waals surface area contributed by atoms with E-state index in [-0.39, 0.29) is 0 Å². The van der Waals surface area contributed by atoms with Crippen LogP contribution in [-0.4, -0.2) is 7.38 Å². The summed E-state index contributed by atoms with van der Waals surface area (Å²) in [5.41, 5.74) is 2.86. The second-order valence-electron chi connectivity index (χ2n) is 3.67. The highest BCUT2D eigenvalue weighted by Gasteiger charge is 2.27. The van der Waals surface area contributed by atoms with Crippen LogP contribution in [0.5, 0.6) is 0 Å². The van der Waals surface area contributed by atoms with Crippen molar-refractivity contribution in [3.63, 3.8) is 0 Å². The first kappa shape index (κ1) is 9.08. The monoisotopic (exact) mass is 186 g/mol. The summed E-state index contributed by atoms with van der Waals surface area (Å²) < 4.78 is 0. The first-order valence-electron chi connectivity index (χ1n) is 3.99. The summed E-state index contributed by atoms with van der Waals surface area (Å²) in [7, 11) is -1.53. The molecule has 0 heterocycles. The summed E-state index contributed by atoms with van der Waals surface area (Å²) in [6, 6.07) is 0. The van der Waals surface area contributed by atoms with Crippen molar-refractivity contribution >= 4 is 18.5 Å². The van der Waals surface area contributed by atoms with Crippen LogP contribution in [0.2, 0.25) is 13.1 Å². The van der Waals surface area contributed by atoms with Crippen LogP contribution in [0.25, 0.3) is 0 Å². The highest BCUT2D eigenvalue weighted by molar-refractivity contribution is 7.23. The van der Waals surface area contributed by atoms with Crippen molar-refractivity contribution < 1.29 is 0 Å². The van der Waals surface area contributed by atoms with Crippen molar-refractivity contribution in [1.82, 2.24) is 0 Å². The second kappa shape index (κ2) is 2.80. The maximum absolute atomic E-state index is 6.35. The first-order chi connectivity index (χ1) is 4.93. The molecule has 0 aromatic rings. The molecule has 0 aromatic carbocycles. The van der Waals surface area contributed by atoms with Crippen molar-refractivity contribution in [2.75, 3.05) is 0 Å². The maximum atomic E-state index is 6.35. The van der Waals surface area contributed by atoms with Gasteiger partial charge in [0.15, 0.2) is 7.38 Å². The van der Waals surface area contributed by atoms with Crippen LogP contribution < -0.4 is 0 Å². The highest BCUT2D eigenvalue weighted by atomic mass is 35.6. The van der Waals surface area contributed by atoms with Gasteiger partial charge in [0.2, 0.25) is 0 Å². The molecule has 1 rings (SSSR count). The topological polar surface area (TPSA) is 0 Å². The molecule has 0 saturated carbocycles. The van der Waals surface area contributed by atoms with Gasteiger partial charge in [0.05, 0.1) is 0 Å². The fourth-order valence-electron chi connectivity index (χ4n) is 1.49. The molecule has 1 aliphatic rings. The van der Waals surface area contributed by atoms with E-state index in [2.05, 4.69) is 33.0 Å². The first-order valence-corrected chi connectivity index (χ1v) is 8.00. The molecule has 1 aliphatic carbocycles. The van der Waals surface area contributed by atoms with Crippen LogP contribution in [0.1, 0.15) is 20.3 Å². The average molecular weight is 187 g/mol. The summed E-state index contributed by atoms with van der Waals surface area (Å²) in [6.07, 6.45) is 3.38. The summed E-state index contributed by atoms with van der Waals surface area (Å²) in [5.74, 6) is 0. The van der Waals surface area contributed by atoms with Crippen LogP contribution in [-0.2, 0) is 0 Å². The Balaban J connectivity index is 2.95. The molecule has 11 heavy (non-hydrogen) atoms. The molecule has 0 atom stereocenters. The molecule has 0 aromatic heterocycles. The van der Waals surface area contributed by atoms with Crippen LogP contribution >= 0.6 is 11.1 Å². The van der Waals surface area contributed by atoms with E-state index in [9.17, 15) is 0 Å². The molecule has 0 bridgehead atoms. The van der Waals surface area contributed by atoms with Gasteiger partial charge in [0.1, 0.15) is 0 Å². The molecule has 0 spiro atoms. The molecule has 0 radical (unpaired) electrons. The maximum Gasteiger partial charge on any atom is 0.177 e. The standard InChI is InChI=1S/C9H15ClSi/c1-7-5-6-9(8(7)2)11(3,4)10/h5H,6H2,1-4H3. The minimum Gasteiger partial charge on any atom is -0.162 e. The van der Waals surface area contributed by atoms with E-state index in [0.29, 0.717) is 0 Å². The minimum atomic E-state index is -1.53. The van der Waals surface area contributed by atoms with E-state index in [1.54, 1.807) is 0 Å². The average Bonchev–Trinajstić information content (AvgIpc) is 2.11. The van der Waals surface area contributed by atoms with E-state index >= 15 is 0 Å². The molecule has 0 N–H and O–H groups in total. The van der Waals surface area contributed by atoms with Gasteiger partial charge in [0.25, 0.3) is 0 Å². The predicted molar refractivity (Wildman–Crippen MR) is 54.4 cm³/mol. The Hall–Kier alpha value is -0.0131. The number of allylic oxidation sites excluding steroid dienone is 4. The van der Waals surface area contributed by atoms with E-state index in [0.717, 1.165) is 6.42 Å². The molecule has 0 saturated heterocycles. The summed E-state index contributed by atoms with van der Waals surface area (Å²) >= 11 is 6.35. The predicted octanol–water partition coefficient (Wildman–Crippen LogP) is 3.64. The number of halogens is 1. The summed E-state index contributed by atoms with van der Waals surface area (Å²) in [4.78, 5) is 0. The lowest BCUT2D eigenvalue weighted by Gasteiger charge is -2.16. The molecule has 0 aliphatic heterocycles. The van der Waals surface area contributed by atoms with Crippen LogP contribution in [0.4, 0.5) is 0 Å². The molecular formula is C9H15ClSi. The Morgan fingerprint density at radius 2 is 1.91 bits per heavy atom. The van der Waals surface area contributed by atoms with Crippen molar-refractivity contribution in [3.05, 3.63) is 22.4 Å². The summed E-state index contributed by atoms with van der Waals surface area (Å²) in [6.45, 7) is 8.74. The molecule has 0 fully saturated rings. The molecule has 0 nitrogen and oxygen atoms in total. The number of hydrogen-bond acceptors (Lipinski definition) is 0. The Kier molecular flexibility index (Phi) is 2.31. The Morgan fingerprint density at radius 3 is 2.09 bits per heavy atom. The highest BCUT2D eigenvalue weighted by Crippen LogP contribution is 2.33. The Labute approximate surface area is 74.7 Å². The van der Waals surface area contributed by atoms with Gasteiger partial charge in [-0.25, -0.2) is 0 Å². The minimum absolute atomic E-state index is 1.10. The van der Waals surface area contributed by atoms with Gasteiger partial charge in [-0.05, 0) is 20.3 Å². The molecule has 0 amide bonds. The third-order valence-corrected chi connectivity index (χ3v) is 5.07. The second-order valence-corrected chi connectivity index (χ2v) is 10.1. The number of hydrogen-bond donors (Lipinski definition) is 0. The van der Waals surface area contributed by atoms with Gasteiger partial charge in [-0.2, -0.15) is 11.1 Å². The van der Waals surface area contributed by atoms with Crippen molar-refractivity contribution in [3.8, 4) is 0 Å². The van der Waals surface area contributed by atoms with Crippen LogP contribution in [0, 0.1) is 0 Å². The smallest absolute Gasteiger partial charge is 0.162 e. The van der Waals surface area contributed by atoms with Crippen molar-refractivity contribution in [2.24, 2.45) is 0 Å². The van der Waals surface area contributed by atoms with Crippen LogP contribution in [0.3, 0.4) is 0 Å². The zero-order valence-corrected chi connectivity index (χ0v) is 9.42. The lowest BCUT2D eigenvalue weighted by Crippen LogP contribution is -2.20. The van der Waals surface area contributed by atoms with E-state index in [1.165, 1.54) is 16.3 Å². The van der Waals surface area contributed by atoms with E-state index < -0.39 is 7.38 Å². The van der Waals surface area contributed by atoms with E-state index in [4.69, 9.17) is 11.1 Å². The van der Waals surface area contributed by atoms with Gasteiger partial charge in [0, 0.05) is 0 Å². The molecular weight excluding hydrogens is 172 g/mol. The van der Waals surface area contributed by atoms with Gasteiger partial charge >= 0.3 is 0 Å². The summed E-state index contributed by atoms with van der Waals surface area (Å²) in [5, 5.41) is 1.51. The Morgan fingerprint density at radius 1 is 1.36 bits per heavy atom. The van der Waals surface area contributed by atoms with Crippen LogP contribution in [0.15, 0.2) is 22.4 Å².